The van der Waals surface area contributed by atoms with E-state index in [1.807, 2.05) is 0 Å². The summed E-state index contributed by atoms with van der Waals surface area (Å²) in [5.41, 5.74) is 0. The maximum atomic E-state index is 10.1. The molecule has 0 unspecified atom stereocenters. The summed E-state index contributed by atoms with van der Waals surface area (Å²) in [5.74, 6) is -1.13. The van der Waals surface area contributed by atoms with Crippen molar-refractivity contribution in [2.24, 2.45) is 0 Å². The Hall–Kier alpha value is -0.570. The maximum absolute atomic E-state index is 10.1. The number of unbranched alkanes of at least 4 members (excludes halogenated alkanes) is 11. The van der Waals surface area contributed by atoms with E-state index in [-0.39, 0.29) is 6.61 Å². The molecule has 0 aromatic carbocycles. The van der Waals surface area contributed by atoms with Gasteiger partial charge < -0.3 is 14.6 Å². The van der Waals surface area contributed by atoms with Gasteiger partial charge in [-0.15, -0.1) is 0 Å². The van der Waals surface area contributed by atoms with Crippen molar-refractivity contribution in [2.45, 2.75) is 84.0 Å². The molecule has 0 bridgehead atoms. The molecule has 3 heteroatoms. The molecule has 0 N–H and O–H groups in total. The topological polar surface area (TPSA) is 49.4 Å². The highest BCUT2D eigenvalue weighted by atomic mass is 16.5. The zero-order valence-corrected chi connectivity index (χ0v) is 12.6. The van der Waals surface area contributed by atoms with Gasteiger partial charge in [0.25, 0.3) is 0 Å². The van der Waals surface area contributed by atoms with Crippen LogP contribution in [0.5, 0.6) is 0 Å². The molecule has 0 aliphatic carbocycles. The van der Waals surface area contributed by atoms with Crippen molar-refractivity contribution in [1.29, 1.82) is 0 Å². The zero-order valence-electron chi connectivity index (χ0n) is 12.6. The highest BCUT2D eigenvalue weighted by molar-refractivity contribution is 5.65. The van der Waals surface area contributed by atoms with Gasteiger partial charge in [-0.05, 0) is 6.42 Å². The summed E-state index contributed by atoms with van der Waals surface area (Å²) in [6, 6.07) is 0. The lowest BCUT2D eigenvalue weighted by molar-refractivity contribution is -0.309. The van der Waals surface area contributed by atoms with E-state index in [0.717, 1.165) is 12.8 Å². The predicted molar refractivity (Wildman–Crippen MR) is 76.9 cm³/mol. The summed E-state index contributed by atoms with van der Waals surface area (Å²) in [7, 11) is 0. The lowest BCUT2D eigenvalue weighted by Crippen LogP contribution is -2.27. The number of carbonyl (C=O) groups is 1. The van der Waals surface area contributed by atoms with E-state index in [0.29, 0.717) is 6.61 Å². The van der Waals surface area contributed by atoms with Crippen molar-refractivity contribution in [2.75, 3.05) is 13.2 Å². The normalized spacial score (nSPS) is 10.8. The summed E-state index contributed by atoms with van der Waals surface area (Å²) in [5, 5.41) is 10.1. The van der Waals surface area contributed by atoms with Crippen molar-refractivity contribution in [3.05, 3.63) is 0 Å². The van der Waals surface area contributed by atoms with Crippen molar-refractivity contribution >= 4 is 5.97 Å². The molecule has 0 saturated heterocycles. The van der Waals surface area contributed by atoms with E-state index in [9.17, 15) is 9.90 Å². The summed E-state index contributed by atoms with van der Waals surface area (Å²) in [4.78, 5) is 10.1. The standard InChI is InChI=1S/C16H32O3/c1-2-3-4-5-6-7-8-9-10-11-12-13-14-19-15-16(17)18/h2-15H2,1H3,(H,17,18)/p-1. The first-order chi connectivity index (χ1) is 9.27. The van der Waals surface area contributed by atoms with Gasteiger partial charge in [-0.25, -0.2) is 0 Å². The smallest absolute Gasteiger partial charge is 0.0861 e. The largest absolute Gasteiger partial charge is 0.548 e. The number of carbonyl (C=O) groups excluding carboxylic acids is 1. The van der Waals surface area contributed by atoms with E-state index in [2.05, 4.69) is 6.92 Å². The monoisotopic (exact) mass is 271 g/mol. The average molecular weight is 271 g/mol. The van der Waals surface area contributed by atoms with E-state index in [1.165, 1.54) is 64.2 Å². The second-order valence-corrected chi connectivity index (χ2v) is 5.31. The molecule has 0 aliphatic heterocycles. The third-order valence-electron chi connectivity index (χ3n) is 3.36. The molecular weight excluding hydrogens is 240 g/mol. The second kappa shape index (κ2) is 15.5. The number of hydrogen-bond acceptors (Lipinski definition) is 3. The van der Waals surface area contributed by atoms with Crippen LogP contribution in [0.2, 0.25) is 0 Å². The predicted octanol–water partition coefficient (Wildman–Crippen LogP) is 3.45. The van der Waals surface area contributed by atoms with E-state index < -0.39 is 5.97 Å². The summed E-state index contributed by atoms with van der Waals surface area (Å²) >= 11 is 0. The Kier molecular flexibility index (Phi) is 15.0. The molecular formula is C16H31O3-. The van der Waals surface area contributed by atoms with Crippen LogP contribution in [0.1, 0.15) is 84.0 Å². The van der Waals surface area contributed by atoms with Crippen LogP contribution in [0.4, 0.5) is 0 Å². The fourth-order valence-electron chi connectivity index (χ4n) is 2.20. The number of hydrogen-bond donors (Lipinski definition) is 0. The lowest BCUT2D eigenvalue weighted by atomic mass is 10.1. The summed E-state index contributed by atoms with van der Waals surface area (Å²) in [6.07, 6.45) is 15.7. The Morgan fingerprint density at radius 2 is 1.21 bits per heavy atom. The van der Waals surface area contributed by atoms with Gasteiger partial charge in [0.1, 0.15) is 0 Å². The molecule has 0 saturated carbocycles. The molecule has 0 heterocycles. The van der Waals surface area contributed by atoms with E-state index in [4.69, 9.17) is 4.74 Å². The van der Waals surface area contributed by atoms with Crippen LogP contribution in [0.25, 0.3) is 0 Å². The Bertz CT molecular complexity index is 192. The van der Waals surface area contributed by atoms with Gasteiger partial charge in [-0.2, -0.15) is 0 Å². The summed E-state index contributed by atoms with van der Waals surface area (Å²) < 4.78 is 4.92. The van der Waals surface area contributed by atoms with Crippen LogP contribution in [-0.4, -0.2) is 19.2 Å². The van der Waals surface area contributed by atoms with E-state index >= 15 is 0 Å². The van der Waals surface area contributed by atoms with Crippen LogP contribution in [0.3, 0.4) is 0 Å². The molecule has 0 atom stereocenters. The molecule has 0 amide bonds. The highest BCUT2D eigenvalue weighted by Crippen LogP contribution is 2.11. The Morgan fingerprint density at radius 3 is 1.63 bits per heavy atom. The third kappa shape index (κ3) is 17.4. The number of rotatable bonds is 15. The lowest BCUT2D eigenvalue weighted by Gasteiger charge is -2.05. The SMILES string of the molecule is CCCCCCCCCCCCCCOCC(=O)[O-]. The maximum Gasteiger partial charge on any atom is 0.0861 e. The number of carboxylic acids is 1. The molecule has 0 rings (SSSR count). The molecule has 19 heavy (non-hydrogen) atoms. The molecule has 0 aromatic heterocycles. The van der Waals surface area contributed by atoms with Crippen molar-refractivity contribution < 1.29 is 14.6 Å². The zero-order chi connectivity index (χ0) is 14.2. The van der Waals surface area contributed by atoms with Gasteiger partial charge in [-0.1, -0.05) is 77.6 Å². The first-order valence-corrected chi connectivity index (χ1v) is 8.05. The van der Waals surface area contributed by atoms with Crippen molar-refractivity contribution in [3.63, 3.8) is 0 Å². The van der Waals surface area contributed by atoms with Crippen LogP contribution in [0, 0.1) is 0 Å². The molecule has 0 fully saturated rings. The molecule has 3 nitrogen and oxygen atoms in total. The van der Waals surface area contributed by atoms with Crippen LogP contribution < -0.4 is 5.11 Å². The van der Waals surface area contributed by atoms with Gasteiger partial charge in [-0.3, -0.25) is 0 Å². The van der Waals surface area contributed by atoms with Crippen LogP contribution in [0.15, 0.2) is 0 Å². The molecule has 114 valence electrons. The average Bonchev–Trinajstić information content (AvgIpc) is 2.39. The van der Waals surface area contributed by atoms with Gasteiger partial charge >= 0.3 is 0 Å². The van der Waals surface area contributed by atoms with Crippen LogP contribution in [-0.2, 0) is 9.53 Å². The minimum absolute atomic E-state index is 0.266. The molecule has 0 radical (unpaired) electrons. The number of carboxylic acid groups (broad SMARTS) is 1. The van der Waals surface area contributed by atoms with Gasteiger partial charge in [0, 0.05) is 6.61 Å². The Balaban J connectivity index is 2.93. The van der Waals surface area contributed by atoms with Gasteiger partial charge in [0.05, 0.1) is 12.6 Å². The van der Waals surface area contributed by atoms with Gasteiger partial charge in [0.15, 0.2) is 0 Å². The highest BCUT2D eigenvalue weighted by Gasteiger charge is 1.94. The molecule has 0 aliphatic rings. The fraction of sp³-hybridized carbons (Fsp3) is 0.938. The summed E-state index contributed by atoms with van der Waals surface area (Å²) in [6.45, 7) is 2.53. The van der Waals surface area contributed by atoms with E-state index in [1.54, 1.807) is 0 Å². The second-order valence-electron chi connectivity index (χ2n) is 5.31. The first-order valence-electron chi connectivity index (χ1n) is 8.05. The van der Waals surface area contributed by atoms with Crippen LogP contribution >= 0.6 is 0 Å². The third-order valence-corrected chi connectivity index (χ3v) is 3.36. The Labute approximate surface area is 118 Å². The first kappa shape index (κ1) is 18.4. The van der Waals surface area contributed by atoms with Crippen molar-refractivity contribution in [1.82, 2.24) is 0 Å². The quantitative estimate of drug-likeness (QED) is 0.429. The van der Waals surface area contributed by atoms with Crippen molar-refractivity contribution in [3.8, 4) is 0 Å². The molecule has 0 aromatic rings. The molecule has 0 spiro atoms. The number of ether oxygens (including phenoxy) is 1. The van der Waals surface area contributed by atoms with Gasteiger partial charge in [0.2, 0.25) is 0 Å². The Morgan fingerprint density at radius 1 is 0.789 bits per heavy atom. The minimum Gasteiger partial charge on any atom is -0.548 e. The fourth-order valence-corrected chi connectivity index (χ4v) is 2.20. The minimum atomic E-state index is -1.13. The number of aliphatic carboxylic acids is 1.